The number of aliphatic hydroxyl groups excluding tert-OH is 1. The molecule has 4 aromatic rings. The molecule has 1 aliphatic rings. The molecule has 1 aliphatic heterocycles. The molecule has 4 nitrogen and oxygen atoms in total. The Morgan fingerprint density at radius 1 is 0.724 bits per heavy atom. The molecule has 29 heavy (non-hydrogen) atoms. The Balaban J connectivity index is 1.56. The van der Waals surface area contributed by atoms with Crippen molar-refractivity contribution in [3.05, 3.63) is 102 Å². The van der Waals surface area contributed by atoms with Gasteiger partial charge >= 0.3 is 0 Å². The van der Waals surface area contributed by atoms with Crippen LogP contribution in [0.1, 0.15) is 11.3 Å². The van der Waals surface area contributed by atoms with Crippen molar-refractivity contribution >= 4 is 17.0 Å². The summed E-state index contributed by atoms with van der Waals surface area (Å²) in [6.45, 7) is 0.582. The minimum Gasteiger partial charge on any atom is -0.507 e. The Hall–Kier alpha value is -3.92. The molecular formula is C25H20N2O2. The van der Waals surface area contributed by atoms with E-state index in [0.717, 1.165) is 39.3 Å². The first-order valence-corrected chi connectivity index (χ1v) is 9.54. The molecule has 0 spiro atoms. The lowest BCUT2D eigenvalue weighted by molar-refractivity contribution is 0.477. The highest BCUT2D eigenvalue weighted by Crippen LogP contribution is 2.36. The van der Waals surface area contributed by atoms with Crippen LogP contribution in [0.4, 0.5) is 5.69 Å². The number of benzene rings is 3. The molecule has 4 heteroatoms. The summed E-state index contributed by atoms with van der Waals surface area (Å²) in [7, 11) is 0. The molecule has 1 aromatic heterocycles. The molecule has 142 valence electrons. The van der Waals surface area contributed by atoms with E-state index in [1.807, 2.05) is 89.6 Å². The second-order valence-electron chi connectivity index (χ2n) is 7.06. The number of aliphatic hydroxyl groups is 1. The smallest absolute Gasteiger partial charge is 0.147 e. The number of fused-ring (bicyclic) bond motifs is 1. The van der Waals surface area contributed by atoms with Crippen molar-refractivity contribution in [2.75, 3.05) is 11.9 Å². The molecule has 0 atom stereocenters. The molecule has 3 aromatic carbocycles. The SMILES string of the molecule is OC1=C(c2ccccc2)CNc2ccn(-c3ccc(-c4ccccc4O)cc3)c21. The molecule has 0 unspecified atom stereocenters. The first-order chi connectivity index (χ1) is 14.2. The van der Waals surface area contributed by atoms with Gasteiger partial charge in [0.05, 0.1) is 5.69 Å². The fourth-order valence-corrected chi connectivity index (χ4v) is 3.84. The predicted octanol–water partition coefficient (Wildman–Crippen LogP) is 5.70. The number of aromatic hydroxyl groups is 1. The fourth-order valence-electron chi connectivity index (χ4n) is 3.84. The van der Waals surface area contributed by atoms with Gasteiger partial charge in [-0.05, 0) is 35.4 Å². The normalized spacial score (nSPS) is 13.1. The number of anilines is 1. The molecule has 5 rings (SSSR count). The lowest BCUT2D eigenvalue weighted by Crippen LogP contribution is -2.14. The third-order valence-electron chi connectivity index (χ3n) is 5.33. The zero-order valence-corrected chi connectivity index (χ0v) is 15.7. The van der Waals surface area contributed by atoms with E-state index in [2.05, 4.69) is 5.32 Å². The lowest BCUT2D eigenvalue weighted by Gasteiger charge is -2.21. The highest BCUT2D eigenvalue weighted by atomic mass is 16.3. The van der Waals surface area contributed by atoms with E-state index in [9.17, 15) is 10.2 Å². The quantitative estimate of drug-likeness (QED) is 0.427. The lowest BCUT2D eigenvalue weighted by atomic mass is 10.00. The molecule has 0 aliphatic carbocycles. The molecule has 0 fully saturated rings. The highest BCUT2D eigenvalue weighted by Gasteiger charge is 2.23. The standard InChI is InChI=1S/C25H20N2O2/c28-23-9-5-4-8-20(23)18-10-12-19(13-11-18)27-15-14-22-24(27)25(29)21(16-26-22)17-6-2-1-3-7-17/h1-15,26,28-29H,16H2. The minimum atomic E-state index is 0.260. The van der Waals surface area contributed by atoms with Crippen LogP contribution in [0.25, 0.3) is 28.1 Å². The Labute approximate surface area is 169 Å². The zero-order valence-electron chi connectivity index (χ0n) is 15.7. The van der Waals surface area contributed by atoms with E-state index in [1.165, 1.54) is 0 Å². The van der Waals surface area contributed by atoms with Crippen molar-refractivity contribution < 1.29 is 10.2 Å². The number of para-hydroxylation sites is 1. The number of hydrogen-bond donors (Lipinski definition) is 3. The van der Waals surface area contributed by atoms with Gasteiger partial charge in [-0.1, -0.05) is 60.7 Å². The third kappa shape index (κ3) is 2.95. The summed E-state index contributed by atoms with van der Waals surface area (Å²) in [5.41, 5.74) is 6.22. The van der Waals surface area contributed by atoms with Gasteiger partial charge in [0, 0.05) is 29.6 Å². The van der Waals surface area contributed by atoms with Crippen LogP contribution in [-0.2, 0) is 0 Å². The Morgan fingerprint density at radius 2 is 1.45 bits per heavy atom. The van der Waals surface area contributed by atoms with E-state index in [1.54, 1.807) is 6.07 Å². The maximum Gasteiger partial charge on any atom is 0.147 e. The predicted molar refractivity (Wildman–Crippen MR) is 117 cm³/mol. The number of rotatable bonds is 3. The number of nitrogens with zero attached hydrogens (tertiary/aromatic N) is 1. The summed E-state index contributed by atoms with van der Waals surface area (Å²) >= 11 is 0. The van der Waals surface area contributed by atoms with Crippen molar-refractivity contribution in [2.45, 2.75) is 0 Å². The first kappa shape index (κ1) is 17.2. The number of hydrogen-bond acceptors (Lipinski definition) is 3. The van der Waals surface area contributed by atoms with Crippen molar-refractivity contribution in [3.63, 3.8) is 0 Å². The van der Waals surface area contributed by atoms with E-state index < -0.39 is 0 Å². The van der Waals surface area contributed by atoms with Crippen molar-refractivity contribution in [2.24, 2.45) is 0 Å². The monoisotopic (exact) mass is 380 g/mol. The number of phenolic OH excluding ortho intramolecular Hbond substituents is 1. The summed E-state index contributed by atoms with van der Waals surface area (Å²) in [4.78, 5) is 0. The van der Waals surface area contributed by atoms with E-state index in [0.29, 0.717) is 12.3 Å². The van der Waals surface area contributed by atoms with Gasteiger partial charge in [0.25, 0.3) is 0 Å². The van der Waals surface area contributed by atoms with E-state index >= 15 is 0 Å². The van der Waals surface area contributed by atoms with Crippen molar-refractivity contribution in [1.82, 2.24) is 4.57 Å². The number of nitrogens with one attached hydrogen (secondary N) is 1. The Morgan fingerprint density at radius 3 is 2.21 bits per heavy atom. The average molecular weight is 380 g/mol. The van der Waals surface area contributed by atoms with Gasteiger partial charge in [0.1, 0.15) is 17.2 Å². The molecule has 0 bridgehead atoms. The number of aromatic nitrogens is 1. The Bertz CT molecular complexity index is 1210. The third-order valence-corrected chi connectivity index (χ3v) is 5.33. The topological polar surface area (TPSA) is 57.4 Å². The molecule has 2 heterocycles. The van der Waals surface area contributed by atoms with Crippen molar-refractivity contribution in [1.29, 1.82) is 0 Å². The summed E-state index contributed by atoms with van der Waals surface area (Å²) in [6, 6.07) is 27.1. The first-order valence-electron chi connectivity index (χ1n) is 9.54. The zero-order chi connectivity index (χ0) is 19.8. The molecule has 0 radical (unpaired) electrons. The van der Waals surface area contributed by atoms with Gasteiger partial charge in [-0.2, -0.15) is 0 Å². The maximum atomic E-state index is 11.1. The van der Waals surface area contributed by atoms with Crippen LogP contribution in [-0.4, -0.2) is 21.3 Å². The van der Waals surface area contributed by atoms with Gasteiger partial charge in [0.15, 0.2) is 0 Å². The minimum absolute atomic E-state index is 0.260. The van der Waals surface area contributed by atoms with Crippen LogP contribution in [0.5, 0.6) is 5.75 Å². The van der Waals surface area contributed by atoms with Crippen LogP contribution in [0, 0.1) is 0 Å². The average Bonchev–Trinajstić information content (AvgIpc) is 3.20. The van der Waals surface area contributed by atoms with E-state index in [-0.39, 0.29) is 5.75 Å². The van der Waals surface area contributed by atoms with Crippen molar-refractivity contribution in [3.8, 4) is 22.6 Å². The highest BCUT2D eigenvalue weighted by molar-refractivity contribution is 5.94. The van der Waals surface area contributed by atoms with Gasteiger partial charge < -0.3 is 20.1 Å². The van der Waals surface area contributed by atoms with Crippen LogP contribution in [0.3, 0.4) is 0 Å². The fraction of sp³-hybridized carbons (Fsp3) is 0.0400. The molecule has 0 saturated heterocycles. The summed E-state index contributed by atoms with van der Waals surface area (Å²) in [6.07, 6.45) is 1.96. The van der Waals surface area contributed by atoms with Gasteiger partial charge in [-0.15, -0.1) is 0 Å². The van der Waals surface area contributed by atoms with Crippen LogP contribution in [0.2, 0.25) is 0 Å². The van der Waals surface area contributed by atoms with Crippen LogP contribution < -0.4 is 5.32 Å². The second-order valence-corrected chi connectivity index (χ2v) is 7.06. The van der Waals surface area contributed by atoms with Gasteiger partial charge in [-0.25, -0.2) is 0 Å². The van der Waals surface area contributed by atoms with Crippen LogP contribution >= 0.6 is 0 Å². The van der Waals surface area contributed by atoms with Crippen LogP contribution in [0.15, 0.2) is 91.1 Å². The summed E-state index contributed by atoms with van der Waals surface area (Å²) < 4.78 is 1.98. The van der Waals surface area contributed by atoms with Gasteiger partial charge in [-0.3, -0.25) is 0 Å². The molecule has 3 N–H and O–H groups in total. The number of phenols is 1. The summed E-state index contributed by atoms with van der Waals surface area (Å²) in [5, 5.41) is 24.6. The Kier molecular flexibility index (Phi) is 4.10. The largest absolute Gasteiger partial charge is 0.507 e. The molecular weight excluding hydrogens is 360 g/mol. The second kappa shape index (κ2) is 6.91. The maximum absolute atomic E-state index is 11.1. The van der Waals surface area contributed by atoms with Gasteiger partial charge in [0.2, 0.25) is 0 Å². The van der Waals surface area contributed by atoms with E-state index in [4.69, 9.17) is 0 Å². The summed E-state index contributed by atoms with van der Waals surface area (Å²) in [5.74, 6) is 0.551. The molecule has 0 saturated carbocycles. The molecule has 0 amide bonds.